The Morgan fingerprint density at radius 1 is 1.30 bits per heavy atom. The van der Waals surface area contributed by atoms with Crippen LogP contribution in [0.1, 0.15) is 43.7 Å². The normalized spacial score (nSPS) is 29.4. The number of hydrogen-bond acceptors (Lipinski definition) is 4. The largest absolute Gasteiger partial charge is 0.497 e. The Bertz CT molecular complexity index is 463. The molecule has 1 aliphatic heterocycles. The van der Waals surface area contributed by atoms with Crippen LogP contribution in [0.15, 0.2) is 18.2 Å². The third-order valence-electron chi connectivity index (χ3n) is 4.34. The van der Waals surface area contributed by atoms with Gasteiger partial charge in [0.25, 0.3) is 0 Å². The van der Waals surface area contributed by atoms with Gasteiger partial charge in [0.2, 0.25) is 0 Å². The molecule has 4 nitrogen and oxygen atoms in total. The summed E-state index contributed by atoms with van der Waals surface area (Å²) in [5.41, 5.74) is 1.18. The number of aliphatic hydroxyl groups is 1. The summed E-state index contributed by atoms with van der Waals surface area (Å²) in [6, 6.07) is 6.68. The van der Waals surface area contributed by atoms with E-state index in [1.807, 2.05) is 12.1 Å². The van der Waals surface area contributed by atoms with Crippen molar-refractivity contribution in [3.63, 3.8) is 0 Å². The lowest BCUT2D eigenvalue weighted by molar-refractivity contribution is 0.105. The first-order chi connectivity index (χ1) is 9.76. The third kappa shape index (κ3) is 2.91. The highest BCUT2D eigenvalue weighted by atomic mass is 16.5. The molecular formula is C16H23NO3. The number of fused-ring (bicyclic) bond motifs is 1. The van der Waals surface area contributed by atoms with Crippen molar-refractivity contribution in [2.75, 3.05) is 13.7 Å². The average molecular weight is 277 g/mol. The second-order valence-corrected chi connectivity index (χ2v) is 5.78. The molecule has 0 aromatic heterocycles. The number of hydrogen-bond donors (Lipinski definition) is 2. The molecule has 3 rings (SSSR count). The summed E-state index contributed by atoms with van der Waals surface area (Å²) in [7, 11) is 1.69. The van der Waals surface area contributed by atoms with E-state index in [0.29, 0.717) is 12.1 Å². The zero-order valence-corrected chi connectivity index (χ0v) is 12.0. The number of ether oxygens (including phenoxy) is 2. The molecule has 2 aliphatic rings. The monoisotopic (exact) mass is 277 g/mol. The molecule has 3 unspecified atom stereocenters. The van der Waals surface area contributed by atoms with E-state index in [1.54, 1.807) is 7.11 Å². The molecule has 0 amide bonds. The number of aliphatic hydroxyl groups excluding tert-OH is 1. The van der Waals surface area contributed by atoms with E-state index in [1.165, 1.54) is 5.56 Å². The van der Waals surface area contributed by atoms with Crippen molar-refractivity contribution in [1.82, 2.24) is 5.32 Å². The Hall–Kier alpha value is -1.26. The van der Waals surface area contributed by atoms with Crippen LogP contribution >= 0.6 is 0 Å². The summed E-state index contributed by atoms with van der Waals surface area (Å²) >= 11 is 0. The highest BCUT2D eigenvalue weighted by Gasteiger charge is 2.27. The van der Waals surface area contributed by atoms with Crippen molar-refractivity contribution in [2.24, 2.45) is 0 Å². The molecule has 1 aromatic carbocycles. The minimum Gasteiger partial charge on any atom is -0.497 e. The lowest BCUT2D eigenvalue weighted by atomic mass is 9.91. The lowest BCUT2D eigenvalue weighted by Gasteiger charge is -2.33. The Morgan fingerprint density at radius 2 is 2.20 bits per heavy atom. The second kappa shape index (κ2) is 6.02. The van der Waals surface area contributed by atoms with Gasteiger partial charge in [-0.15, -0.1) is 0 Å². The molecule has 1 heterocycles. The summed E-state index contributed by atoms with van der Waals surface area (Å²) < 4.78 is 11.0. The molecule has 2 N–H and O–H groups in total. The average Bonchev–Trinajstić information content (AvgIpc) is 2.47. The smallest absolute Gasteiger partial charge is 0.124 e. The highest BCUT2D eigenvalue weighted by molar-refractivity contribution is 5.43. The van der Waals surface area contributed by atoms with Crippen molar-refractivity contribution in [1.29, 1.82) is 0 Å². The van der Waals surface area contributed by atoms with Crippen molar-refractivity contribution in [3.05, 3.63) is 23.8 Å². The summed E-state index contributed by atoms with van der Waals surface area (Å²) in [6.45, 7) is 0.742. The molecule has 0 bridgehead atoms. The van der Waals surface area contributed by atoms with Crippen LogP contribution in [0.4, 0.5) is 0 Å². The summed E-state index contributed by atoms with van der Waals surface area (Å²) in [4.78, 5) is 0. The molecule has 110 valence electrons. The van der Waals surface area contributed by atoms with Gasteiger partial charge in [-0.2, -0.15) is 0 Å². The van der Waals surface area contributed by atoms with Crippen LogP contribution in [-0.4, -0.2) is 31.0 Å². The van der Waals surface area contributed by atoms with Crippen LogP contribution in [0, 0.1) is 0 Å². The van der Waals surface area contributed by atoms with Crippen LogP contribution in [0.3, 0.4) is 0 Å². The van der Waals surface area contributed by atoms with E-state index in [-0.39, 0.29) is 6.10 Å². The molecular weight excluding hydrogens is 254 g/mol. The standard InChI is InChI=1S/C16H23NO3/c1-19-13-5-6-16-14(10-13)15(7-8-20-16)17-11-3-2-4-12(18)9-11/h5-6,10-12,15,17-18H,2-4,7-9H2,1H3. The van der Waals surface area contributed by atoms with Crippen LogP contribution in [0.2, 0.25) is 0 Å². The molecule has 1 saturated carbocycles. The molecule has 0 spiro atoms. The number of methoxy groups -OCH3 is 1. The summed E-state index contributed by atoms with van der Waals surface area (Å²) in [5, 5.41) is 13.5. The fourth-order valence-corrected chi connectivity index (χ4v) is 3.27. The fraction of sp³-hybridized carbons (Fsp3) is 0.625. The van der Waals surface area contributed by atoms with Crippen molar-refractivity contribution >= 4 is 0 Å². The first-order valence-corrected chi connectivity index (χ1v) is 7.51. The van der Waals surface area contributed by atoms with E-state index in [2.05, 4.69) is 11.4 Å². The van der Waals surface area contributed by atoms with E-state index in [0.717, 1.165) is 50.2 Å². The van der Waals surface area contributed by atoms with Crippen LogP contribution in [-0.2, 0) is 0 Å². The molecule has 0 radical (unpaired) electrons. The zero-order chi connectivity index (χ0) is 13.9. The zero-order valence-electron chi connectivity index (χ0n) is 12.0. The van der Waals surface area contributed by atoms with Crippen LogP contribution in [0.5, 0.6) is 11.5 Å². The van der Waals surface area contributed by atoms with E-state index >= 15 is 0 Å². The van der Waals surface area contributed by atoms with Crippen LogP contribution in [0.25, 0.3) is 0 Å². The number of rotatable bonds is 3. The quantitative estimate of drug-likeness (QED) is 0.891. The van der Waals surface area contributed by atoms with Crippen molar-refractivity contribution < 1.29 is 14.6 Å². The van der Waals surface area contributed by atoms with Gasteiger partial charge in [-0.05, 0) is 43.9 Å². The second-order valence-electron chi connectivity index (χ2n) is 5.78. The van der Waals surface area contributed by atoms with Gasteiger partial charge in [-0.3, -0.25) is 0 Å². The van der Waals surface area contributed by atoms with Gasteiger partial charge in [0.1, 0.15) is 11.5 Å². The molecule has 1 aliphatic carbocycles. The minimum absolute atomic E-state index is 0.147. The van der Waals surface area contributed by atoms with Gasteiger partial charge in [-0.1, -0.05) is 0 Å². The predicted molar refractivity (Wildman–Crippen MR) is 77.2 cm³/mol. The lowest BCUT2D eigenvalue weighted by Crippen LogP contribution is -2.39. The molecule has 1 fully saturated rings. The molecule has 3 atom stereocenters. The van der Waals surface area contributed by atoms with Gasteiger partial charge in [0.05, 0.1) is 19.8 Å². The van der Waals surface area contributed by atoms with E-state index in [4.69, 9.17) is 9.47 Å². The Labute approximate surface area is 120 Å². The first-order valence-electron chi connectivity index (χ1n) is 7.51. The fourth-order valence-electron chi connectivity index (χ4n) is 3.27. The maximum Gasteiger partial charge on any atom is 0.124 e. The number of nitrogens with one attached hydrogen (secondary N) is 1. The van der Waals surface area contributed by atoms with Crippen molar-refractivity contribution in [2.45, 2.75) is 50.3 Å². The molecule has 4 heteroatoms. The predicted octanol–water partition coefficient (Wildman–Crippen LogP) is 2.41. The van der Waals surface area contributed by atoms with Gasteiger partial charge in [0.15, 0.2) is 0 Å². The van der Waals surface area contributed by atoms with E-state index in [9.17, 15) is 5.11 Å². The van der Waals surface area contributed by atoms with Crippen molar-refractivity contribution in [3.8, 4) is 11.5 Å². The van der Waals surface area contributed by atoms with Gasteiger partial charge in [0, 0.05) is 24.1 Å². The van der Waals surface area contributed by atoms with Gasteiger partial charge >= 0.3 is 0 Å². The van der Waals surface area contributed by atoms with Gasteiger partial charge in [-0.25, -0.2) is 0 Å². The number of benzene rings is 1. The maximum absolute atomic E-state index is 9.80. The molecule has 0 saturated heterocycles. The Kier molecular flexibility index (Phi) is 4.13. The minimum atomic E-state index is -0.147. The Balaban J connectivity index is 1.75. The summed E-state index contributed by atoms with van der Waals surface area (Å²) in [5.74, 6) is 1.82. The Morgan fingerprint density at radius 3 is 3.00 bits per heavy atom. The highest BCUT2D eigenvalue weighted by Crippen LogP contribution is 2.35. The van der Waals surface area contributed by atoms with E-state index < -0.39 is 0 Å². The summed E-state index contributed by atoms with van der Waals surface area (Å²) in [6.07, 6.45) is 4.87. The first kappa shape index (κ1) is 13.7. The maximum atomic E-state index is 9.80. The SMILES string of the molecule is COc1ccc2c(c1)C(NC1CCCC(O)C1)CCO2. The van der Waals surface area contributed by atoms with Gasteiger partial charge < -0.3 is 19.9 Å². The topological polar surface area (TPSA) is 50.7 Å². The molecule has 1 aromatic rings. The van der Waals surface area contributed by atoms with Crippen LogP contribution < -0.4 is 14.8 Å². The molecule has 20 heavy (non-hydrogen) atoms. The third-order valence-corrected chi connectivity index (χ3v) is 4.34.